The average molecular weight is 258 g/mol. The molecule has 5 nitrogen and oxygen atoms in total. The molecular weight excluding hydrogens is 240 g/mol. The third kappa shape index (κ3) is 4.21. The summed E-state index contributed by atoms with van der Waals surface area (Å²) < 4.78 is 5.59. The number of rotatable bonds is 6. The monoisotopic (exact) mass is 258 g/mol. The minimum atomic E-state index is 0.572. The van der Waals surface area contributed by atoms with Crippen LogP contribution in [0, 0.1) is 13.8 Å². The summed E-state index contributed by atoms with van der Waals surface area (Å²) in [6.07, 6.45) is 0.880. The van der Waals surface area contributed by atoms with Crippen LogP contribution in [0.3, 0.4) is 0 Å². The molecule has 1 aromatic carbocycles. The molecule has 0 aliphatic carbocycles. The van der Waals surface area contributed by atoms with E-state index < -0.39 is 0 Å². The van der Waals surface area contributed by atoms with Gasteiger partial charge in [0.05, 0.1) is 18.0 Å². The minimum Gasteiger partial charge on any atom is -0.494 e. The van der Waals surface area contributed by atoms with Gasteiger partial charge < -0.3 is 10.1 Å². The molecule has 0 aliphatic rings. The standard InChI is InChI=1S/C14H18N4O/c1-11-12(2)17-18-14(16-11)15-9-6-10-19-13-7-4-3-5-8-13/h3-5,7-8H,6,9-10H2,1-2H3,(H,15,16,18). The third-order valence-electron chi connectivity index (χ3n) is 2.71. The Morgan fingerprint density at radius 3 is 2.58 bits per heavy atom. The largest absolute Gasteiger partial charge is 0.494 e. The van der Waals surface area contributed by atoms with E-state index in [0.717, 1.165) is 30.1 Å². The predicted octanol–water partition coefficient (Wildman–Crippen LogP) is 2.37. The van der Waals surface area contributed by atoms with Gasteiger partial charge in [0.1, 0.15) is 5.75 Å². The Hall–Kier alpha value is -2.17. The molecule has 5 heteroatoms. The number of hydrogen-bond donors (Lipinski definition) is 1. The van der Waals surface area contributed by atoms with Crippen LogP contribution in [0.5, 0.6) is 5.75 Å². The molecule has 0 saturated heterocycles. The van der Waals surface area contributed by atoms with Crippen LogP contribution >= 0.6 is 0 Å². The maximum atomic E-state index is 5.59. The third-order valence-corrected chi connectivity index (χ3v) is 2.71. The maximum Gasteiger partial charge on any atom is 0.242 e. The molecular formula is C14H18N4O. The van der Waals surface area contributed by atoms with Crippen LogP contribution in [0.1, 0.15) is 17.8 Å². The number of para-hydroxylation sites is 1. The first-order chi connectivity index (χ1) is 9.25. The number of ether oxygens (including phenoxy) is 1. The van der Waals surface area contributed by atoms with Crippen molar-refractivity contribution in [2.24, 2.45) is 0 Å². The van der Waals surface area contributed by atoms with E-state index in [1.807, 2.05) is 44.2 Å². The van der Waals surface area contributed by atoms with Crippen LogP contribution < -0.4 is 10.1 Å². The molecule has 100 valence electrons. The molecule has 0 aliphatic heterocycles. The number of benzene rings is 1. The quantitative estimate of drug-likeness (QED) is 0.806. The number of hydrogen-bond acceptors (Lipinski definition) is 5. The summed E-state index contributed by atoms with van der Waals surface area (Å²) in [4.78, 5) is 4.30. The summed E-state index contributed by atoms with van der Waals surface area (Å²) in [5, 5.41) is 11.1. The Labute approximate surface area is 113 Å². The predicted molar refractivity (Wildman–Crippen MR) is 74.3 cm³/mol. The first-order valence-corrected chi connectivity index (χ1v) is 6.35. The van der Waals surface area contributed by atoms with Gasteiger partial charge in [-0.15, -0.1) is 5.10 Å². The van der Waals surface area contributed by atoms with E-state index in [2.05, 4.69) is 20.5 Å². The summed E-state index contributed by atoms with van der Waals surface area (Å²) in [7, 11) is 0. The zero-order chi connectivity index (χ0) is 13.5. The molecule has 2 aromatic rings. The van der Waals surface area contributed by atoms with Crippen molar-refractivity contribution in [2.45, 2.75) is 20.3 Å². The summed E-state index contributed by atoms with van der Waals surface area (Å²) in [5.41, 5.74) is 1.76. The lowest BCUT2D eigenvalue weighted by molar-refractivity contribution is 0.315. The van der Waals surface area contributed by atoms with E-state index in [1.165, 1.54) is 0 Å². The van der Waals surface area contributed by atoms with Crippen LogP contribution in [-0.4, -0.2) is 28.3 Å². The van der Waals surface area contributed by atoms with E-state index in [4.69, 9.17) is 4.74 Å². The molecule has 0 amide bonds. The summed E-state index contributed by atoms with van der Waals surface area (Å²) >= 11 is 0. The SMILES string of the molecule is Cc1nnc(NCCCOc2ccccc2)nc1C. The number of aromatic nitrogens is 3. The van der Waals surface area contributed by atoms with Gasteiger partial charge in [0.15, 0.2) is 0 Å². The van der Waals surface area contributed by atoms with Crippen molar-refractivity contribution in [1.29, 1.82) is 0 Å². The van der Waals surface area contributed by atoms with Crippen molar-refractivity contribution in [2.75, 3.05) is 18.5 Å². The van der Waals surface area contributed by atoms with Crippen LogP contribution in [0.25, 0.3) is 0 Å². The van der Waals surface area contributed by atoms with E-state index in [1.54, 1.807) is 0 Å². The lowest BCUT2D eigenvalue weighted by Gasteiger charge is -2.07. The molecule has 1 N–H and O–H groups in total. The zero-order valence-corrected chi connectivity index (χ0v) is 11.3. The lowest BCUT2D eigenvalue weighted by atomic mass is 10.3. The van der Waals surface area contributed by atoms with Crippen molar-refractivity contribution in [3.8, 4) is 5.75 Å². The van der Waals surface area contributed by atoms with Gasteiger partial charge in [0.2, 0.25) is 5.95 Å². The van der Waals surface area contributed by atoms with E-state index >= 15 is 0 Å². The highest BCUT2D eigenvalue weighted by molar-refractivity contribution is 5.24. The Kier molecular flexibility index (Phi) is 4.66. The molecule has 1 aromatic heterocycles. The second-order valence-electron chi connectivity index (χ2n) is 4.25. The number of nitrogens with zero attached hydrogens (tertiary/aromatic N) is 3. The van der Waals surface area contributed by atoms with Gasteiger partial charge in [0.25, 0.3) is 0 Å². The van der Waals surface area contributed by atoms with Crippen molar-refractivity contribution in [1.82, 2.24) is 15.2 Å². The van der Waals surface area contributed by atoms with Crippen molar-refractivity contribution in [3.05, 3.63) is 41.7 Å². The lowest BCUT2D eigenvalue weighted by Crippen LogP contribution is -2.11. The molecule has 1 heterocycles. The molecule has 0 spiro atoms. The number of aryl methyl sites for hydroxylation is 2. The van der Waals surface area contributed by atoms with Gasteiger partial charge in [-0.1, -0.05) is 18.2 Å². The van der Waals surface area contributed by atoms with Gasteiger partial charge >= 0.3 is 0 Å². The van der Waals surface area contributed by atoms with E-state index in [0.29, 0.717) is 12.6 Å². The minimum absolute atomic E-state index is 0.572. The van der Waals surface area contributed by atoms with Gasteiger partial charge in [-0.25, -0.2) is 4.98 Å². The average Bonchev–Trinajstić information content (AvgIpc) is 2.43. The van der Waals surface area contributed by atoms with E-state index in [-0.39, 0.29) is 0 Å². The van der Waals surface area contributed by atoms with Crippen molar-refractivity contribution in [3.63, 3.8) is 0 Å². The first kappa shape index (κ1) is 13.3. The van der Waals surface area contributed by atoms with Gasteiger partial charge in [0, 0.05) is 6.54 Å². The maximum absolute atomic E-state index is 5.59. The van der Waals surface area contributed by atoms with E-state index in [9.17, 15) is 0 Å². The zero-order valence-electron chi connectivity index (χ0n) is 11.3. The number of anilines is 1. The molecule has 0 unspecified atom stereocenters. The summed E-state index contributed by atoms with van der Waals surface area (Å²) in [6.45, 7) is 5.24. The normalized spacial score (nSPS) is 10.2. The van der Waals surface area contributed by atoms with Crippen LogP contribution in [0.15, 0.2) is 30.3 Å². The Bertz CT molecular complexity index is 516. The fraction of sp³-hybridized carbons (Fsp3) is 0.357. The molecule has 0 atom stereocenters. The van der Waals surface area contributed by atoms with Crippen molar-refractivity contribution >= 4 is 5.95 Å². The second-order valence-corrected chi connectivity index (χ2v) is 4.25. The Balaban J connectivity index is 1.68. The van der Waals surface area contributed by atoms with Gasteiger partial charge in [-0.3, -0.25) is 0 Å². The van der Waals surface area contributed by atoms with Crippen LogP contribution in [-0.2, 0) is 0 Å². The highest BCUT2D eigenvalue weighted by Gasteiger charge is 2.00. The molecule has 2 rings (SSSR count). The van der Waals surface area contributed by atoms with Crippen LogP contribution in [0.4, 0.5) is 5.95 Å². The van der Waals surface area contributed by atoms with Crippen LogP contribution in [0.2, 0.25) is 0 Å². The molecule has 0 bridgehead atoms. The molecule has 19 heavy (non-hydrogen) atoms. The summed E-state index contributed by atoms with van der Waals surface area (Å²) in [5.74, 6) is 1.47. The topological polar surface area (TPSA) is 59.9 Å². The molecule has 0 fully saturated rings. The van der Waals surface area contributed by atoms with Crippen molar-refractivity contribution < 1.29 is 4.74 Å². The Morgan fingerprint density at radius 2 is 1.84 bits per heavy atom. The molecule has 0 radical (unpaired) electrons. The second kappa shape index (κ2) is 6.68. The smallest absolute Gasteiger partial charge is 0.242 e. The number of nitrogens with one attached hydrogen (secondary N) is 1. The fourth-order valence-electron chi connectivity index (χ4n) is 1.51. The molecule has 0 saturated carbocycles. The van der Waals surface area contributed by atoms with Gasteiger partial charge in [-0.05, 0) is 32.4 Å². The fourth-order valence-corrected chi connectivity index (χ4v) is 1.51. The Morgan fingerprint density at radius 1 is 1.05 bits per heavy atom. The van der Waals surface area contributed by atoms with Gasteiger partial charge in [-0.2, -0.15) is 5.10 Å². The highest BCUT2D eigenvalue weighted by atomic mass is 16.5. The highest BCUT2D eigenvalue weighted by Crippen LogP contribution is 2.08. The first-order valence-electron chi connectivity index (χ1n) is 6.35. The summed E-state index contributed by atoms with van der Waals surface area (Å²) in [6, 6.07) is 9.79.